The van der Waals surface area contributed by atoms with Crippen LogP contribution in [0.15, 0.2) is 53.1 Å². The van der Waals surface area contributed by atoms with Crippen LogP contribution in [0.5, 0.6) is 0 Å². The van der Waals surface area contributed by atoms with Gasteiger partial charge in [0.25, 0.3) is 0 Å². The predicted molar refractivity (Wildman–Crippen MR) is 68.9 cm³/mol. The summed E-state index contributed by atoms with van der Waals surface area (Å²) in [5, 5.41) is 3.37. The summed E-state index contributed by atoms with van der Waals surface area (Å²) in [6, 6.07) is 14.2. The fraction of sp³-hybridized carbons (Fsp3) is 0.154. The monoisotopic (exact) mass is 276 g/mol. The fourth-order valence-electron chi connectivity index (χ4n) is 1.47. The molecule has 1 aromatic carbocycles. The highest BCUT2D eigenvalue weighted by Gasteiger charge is 1.98. The molecule has 1 aromatic heterocycles. The van der Waals surface area contributed by atoms with Crippen molar-refractivity contribution in [2.45, 2.75) is 13.1 Å². The van der Waals surface area contributed by atoms with E-state index in [1.165, 1.54) is 5.56 Å². The van der Waals surface area contributed by atoms with Gasteiger partial charge in [0.2, 0.25) is 0 Å². The second-order valence-electron chi connectivity index (χ2n) is 3.52. The quantitative estimate of drug-likeness (QED) is 0.928. The van der Waals surface area contributed by atoms with Gasteiger partial charge in [-0.1, -0.05) is 40.2 Å². The molecule has 0 aliphatic rings. The lowest BCUT2D eigenvalue weighted by Crippen LogP contribution is -2.13. The first-order chi connectivity index (χ1) is 7.86. The number of nitrogens with zero attached hydrogens (tertiary/aromatic N) is 1. The SMILES string of the molecule is Brc1ccccc1CNCc1ccccn1. The Morgan fingerprint density at radius 3 is 2.56 bits per heavy atom. The molecule has 2 nitrogen and oxygen atoms in total. The number of hydrogen-bond acceptors (Lipinski definition) is 2. The van der Waals surface area contributed by atoms with E-state index in [-0.39, 0.29) is 0 Å². The molecule has 0 atom stereocenters. The molecule has 0 saturated heterocycles. The summed E-state index contributed by atoms with van der Waals surface area (Å²) in [4.78, 5) is 4.26. The Hall–Kier alpha value is -1.19. The lowest BCUT2D eigenvalue weighted by atomic mass is 10.2. The first-order valence-electron chi connectivity index (χ1n) is 5.20. The van der Waals surface area contributed by atoms with Gasteiger partial charge in [0, 0.05) is 23.8 Å². The summed E-state index contributed by atoms with van der Waals surface area (Å²) < 4.78 is 1.14. The maximum atomic E-state index is 4.26. The second kappa shape index (κ2) is 5.77. The van der Waals surface area contributed by atoms with E-state index in [9.17, 15) is 0 Å². The molecule has 1 heterocycles. The summed E-state index contributed by atoms with van der Waals surface area (Å²) in [6.45, 7) is 1.64. The number of nitrogens with one attached hydrogen (secondary N) is 1. The third-order valence-corrected chi connectivity index (χ3v) is 3.08. The van der Waals surface area contributed by atoms with Crippen LogP contribution in [-0.4, -0.2) is 4.98 Å². The highest BCUT2D eigenvalue weighted by atomic mass is 79.9. The van der Waals surface area contributed by atoms with Crippen LogP contribution in [-0.2, 0) is 13.1 Å². The van der Waals surface area contributed by atoms with Gasteiger partial charge in [-0.05, 0) is 23.8 Å². The normalized spacial score (nSPS) is 10.3. The van der Waals surface area contributed by atoms with E-state index >= 15 is 0 Å². The van der Waals surface area contributed by atoms with Crippen molar-refractivity contribution in [3.05, 3.63) is 64.4 Å². The number of halogens is 1. The standard InChI is InChI=1S/C13H13BrN2/c14-13-7-2-1-5-11(13)9-15-10-12-6-3-4-8-16-12/h1-8,15H,9-10H2. The van der Waals surface area contributed by atoms with E-state index in [0.717, 1.165) is 23.3 Å². The minimum atomic E-state index is 0.794. The van der Waals surface area contributed by atoms with Crippen LogP contribution in [0.2, 0.25) is 0 Å². The van der Waals surface area contributed by atoms with Gasteiger partial charge in [-0.25, -0.2) is 0 Å². The van der Waals surface area contributed by atoms with Crippen molar-refractivity contribution < 1.29 is 0 Å². The van der Waals surface area contributed by atoms with Crippen LogP contribution in [0.4, 0.5) is 0 Å². The molecule has 0 spiro atoms. The summed E-state index contributed by atoms with van der Waals surface area (Å²) in [5.41, 5.74) is 2.33. The van der Waals surface area contributed by atoms with Crippen molar-refractivity contribution in [1.29, 1.82) is 0 Å². The molecule has 3 heteroatoms. The highest BCUT2D eigenvalue weighted by molar-refractivity contribution is 9.10. The van der Waals surface area contributed by atoms with Gasteiger partial charge in [-0.3, -0.25) is 4.98 Å². The Bertz CT molecular complexity index is 443. The Balaban J connectivity index is 1.87. The third-order valence-electron chi connectivity index (χ3n) is 2.31. The molecule has 0 fully saturated rings. The number of pyridine rings is 1. The number of hydrogen-bond donors (Lipinski definition) is 1. The maximum absolute atomic E-state index is 4.26. The molecule has 0 unspecified atom stereocenters. The van der Waals surface area contributed by atoms with Crippen LogP contribution in [0.25, 0.3) is 0 Å². The zero-order valence-electron chi connectivity index (χ0n) is 8.86. The predicted octanol–water partition coefficient (Wildman–Crippen LogP) is 3.13. The second-order valence-corrected chi connectivity index (χ2v) is 4.37. The van der Waals surface area contributed by atoms with Crippen LogP contribution >= 0.6 is 15.9 Å². The van der Waals surface area contributed by atoms with Gasteiger partial charge < -0.3 is 5.32 Å². The first-order valence-corrected chi connectivity index (χ1v) is 5.99. The van der Waals surface area contributed by atoms with E-state index in [0.29, 0.717) is 0 Å². The maximum Gasteiger partial charge on any atom is 0.0541 e. The van der Waals surface area contributed by atoms with Crippen LogP contribution < -0.4 is 5.32 Å². The molecule has 0 amide bonds. The van der Waals surface area contributed by atoms with Crippen LogP contribution in [0.3, 0.4) is 0 Å². The first kappa shape index (κ1) is 11.3. The zero-order valence-corrected chi connectivity index (χ0v) is 10.4. The van der Waals surface area contributed by atoms with Gasteiger partial charge in [-0.2, -0.15) is 0 Å². The smallest absolute Gasteiger partial charge is 0.0541 e. The van der Waals surface area contributed by atoms with Gasteiger partial charge in [0.15, 0.2) is 0 Å². The van der Waals surface area contributed by atoms with Gasteiger partial charge in [0.05, 0.1) is 5.69 Å². The summed E-state index contributed by atoms with van der Waals surface area (Å²) in [5.74, 6) is 0. The van der Waals surface area contributed by atoms with Crippen LogP contribution in [0.1, 0.15) is 11.3 Å². The molecule has 0 aliphatic carbocycles. The van der Waals surface area contributed by atoms with Crippen molar-refractivity contribution in [2.75, 3.05) is 0 Å². The zero-order chi connectivity index (χ0) is 11.2. The van der Waals surface area contributed by atoms with Gasteiger partial charge in [0.1, 0.15) is 0 Å². The molecular weight excluding hydrogens is 264 g/mol. The average molecular weight is 277 g/mol. The molecule has 0 bridgehead atoms. The fourth-order valence-corrected chi connectivity index (χ4v) is 1.89. The number of benzene rings is 1. The molecule has 0 radical (unpaired) electrons. The Labute approximate surface area is 104 Å². The van der Waals surface area contributed by atoms with Crippen LogP contribution in [0, 0.1) is 0 Å². The molecule has 0 aliphatic heterocycles. The molecule has 16 heavy (non-hydrogen) atoms. The third kappa shape index (κ3) is 3.15. The Morgan fingerprint density at radius 1 is 1.00 bits per heavy atom. The molecular formula is C13H13BrN2. The molecule has 2 aromatic rings. The molecule has 82 valence electrons. The molecule has 1 N–H and O–H groups in total. The van der Waals surface area contributed by atoms with Gasteiger partial charge >= 0.3 is 0 Å². The Morgan fingerprint density at radius 2 is 1.81 bits per heavy atom. The largest absolute Gasteiger partial charge is 0.307 e. The molecule has 0 saturated carbocycles. The lowest BCUT2D eigenvalue weighted by molar-refractivity contribution is 0.678. The van der Waals surface area contributed by atoms with Crippen molar-refractivity contribution >= 4 is 15.9 Å². The number of aromatic nitrogens is 1. The minimum absolute atomic E-state index is 0.794. The highest BCUT2D eigenvalue weighted by Crippen LogP contribution is 2.15. The van der Waals surface area contributed by atoms with Crippen molar-refractivity contribution in [3.8, 4) is 0 Å². The summed E-state index contributed by atoms with van der Waals surface area (Å²) in [7, 11) is 0. The van der Waals surface area contributed by atoms with E-state index in [1.807, 2.05) is 36.5 Å². The van der Waals surface area contributed by atoms with E-state index < -0.39 is 0 Å². The summed E-state index contributed by atoms with van der Waals surface area (Å²) >= 11 is 3.53. The van der Waals surface area contributed by atoms with Gasteiger partial charge in [-0.15, -0.1) is 0 Å². The Kier molecular flexibility index (Phi) is 4.08. The lowest BCUT2D eigenvalue weighted by Gasteiger charge is -2.06. The van der Waals surface area contributed by atoms with Crippen molar-refractivity contribution in [1.82, 2.24) is 10.3 Å². The van der Waals surface area contributed by atoms with E-state index in [2.05, 4.69) is 38.4 Å². The average Bonchev–Trinajstić information content (AvgIpc) is 2.33. The van der Waals surface area contributed by atoms with Crippen molar-refractivity contribution in [3.63, 3.8) is 0 Å². The van der Waals surface area contributed by atoms with Crippen molar-refractivity contribution in [2.24, 2.45) is 0 Å². The minimum Gasteiger partial charge on any atom is -0.307 e. The van der Waals surface area contributed by atoms with E-state index in [4.69, 9.17) is 0 Å². The summed E-state index contributed by atoms with van der Waals surface area (Å²) in [6.07, 6.45) is 1.81. The number of rotatable bonds is 4. The van der Waals surface area contributed by atoms with E-state index in [1.54, 1.807) is 0 Å². The molecule has 2 rings (SSSR count). The topological polar surface area (TPSA) is 24.9 Å².